The SMILES string of the molecule is O=C(CCN1C(=O)NC2(CCCC2)C1=O)Nc1cc(F)ccc1F. The van der Waals surface area contributed by atoms with Crippen molar-refractivity contribution in [2.75, 3.05) is 11.9 Å². The van der Waals surface area contributed by atoms with Crippen molar-refractivity contribution < 1.29 is 23.2 Å². The first-order chi connectivity index (χ1) is 11.4. The summed E-state index contributed by atoms with van der Waals surface area (Å²) in [5.74, 6) is -2.35. The molecule has 1 heterocycles. The van der Waals surface area contributed by atoms with Gasteiger partial charge in [-0.25, -0.2) is 13.6 Å². The number of amides is 4. The number of nitrogens with one attached hydrogen (secondary N) is 2. The van der Waals surface area contributed by atoms with Crippen LogP contribution in [0.15, 0.2) is 18.2 Å². The molecule has 24 heavy (non-hydrogen) atoms. The van der Waals surface area contributed by atoms with E-state index in [-0.39, 0.29) is 24.6 Å². The Bertz CT molecular complexity index is 702. The van der Waals surface area contributed by atoms with Crippen LogP contribution >= 0.6 is 0 Å². The fraction of sp³-hybridized carbons (Fsp3) is 0.438. The van der Waals surface area contributed by atoms with E-state index in [0.29, 0.717) is 12.8 Å². The van der Waals surface area contributed by atoms with Crippen molar-refractivity contribution in [3.63, 3.8) is 0 Å². The van der Waals surface area contributed by atoms with Gasteiger partial charge in [0, 0.05) is 19.0 Å². The average molecular weight is 337 g/mol. The Hall–Kier alpha value is -2.51. The van der Waals surface area contributed by atoms with Crippen LogP contribution in [0.1, 0.15) is 32.1 Å². The maximum atomic E-state index is 13.5. The van der Waals surface area contributed by atoms with E-state index < -0.39 is 29.1 Å². The molecule has 4 amide bonds. The number of benzene rings is 1. The Labute approximate surface area is 137 Å². The van der Waals surface area contributed by atoms with Crippen molar-refractivity contribution in [2.45, 2.75) is 37.6 Å². The lowest BCUT2D eigenvalue weighted by Gasteiger charge is -2.19. The van der Waals surface area contributed by atoms with Crippen molar-refractivity contribution in [3.05, 3.63) is 29.8 Å². The second-order valence-corrected chi connectivity index (χ2v) is 6.10. The van der Waals surface area contributed by atoms with Crippen molar-refractivity contribution in [3.8, 4) is 0 Å². The number of rotatable bonds is 4. The molecule has 2 fully saturated rings. The van der Waals surface area contributed by atoms with Gasteiger partial charge in [-0.15, -0.1) is 0 Å². The topological polar surface area (TPSA) is 78.5 Å². The van der Waals surface area contributed by atoms with Crippen LogP contribution in [0.3, 0.4) is 0 Å². The maximum absolute atomic E-state index is 13.5. The molecule has 2 aliphatic rings. The second-order valence-electron chi connectivity index (χ2n) is 6.10. The number of hydrogen-bond donors (Lipinski definition) is 2. The van der Waals surface area contributed by atoms with Crippen LogP contribution < -0.4 is 10.6 Å². The molecule has 1 aromatic carbocycles. The summed E-state index contributed by atoms with van der Waals surface area (Å²) in [7, 11) is 0. The molecule has 1 saturated heterocycles. The monoisotopic (exact) mass is 337 g/mol. The van der Waals surface area contributed by atoms with Gasteiger partial charge in [-0.3, -0.25) is 14.5 Å². The third-order valence-electron chi connectivity index (χ3n) is 4.47. The van der Waals surface area contributed by atoms with Crippen LogP contribution in [0.5, 0.6) is 0 Å². The molecule has 0 aromatic heterocycles. The van der Waals surface area contributed by atoms with E-state index in [1.807, 2.05) is 0 Å². The number of carbonyl (C=O) groups excluding carboxylic acids is 3. The van der Waals surface area contributed by atoms with E-state index in [9.17, 15) is 23.2 Å². The molecule has 1 spiro atoms. The van der Waals surface area contributed by atoms with Crippen LogP contribution in [-0.4, -0.2) is 34.8 Å². The lowest BCUT2D eigenvalue weighted by molar-refractivity contribution is -0.131. The molecular weight excluding hydrogens is 320 g/mol. The van der Waals surface area contributed by atoms with E-state index in [1.54, 1.807) is 0 Å². The van der Waals surface area contributed by atoms with Gasteiger partial charge in [0.05, 0.1) is 5.69 Å². The first kappa shape index (κ1) is 16.4. The van der Waals surface area contributed by atoms with Gasteiger partial charge >= 0.3 is 6.03 Å². The van der Waals surface area contributed by atoms with Crippen molar-refractivity contribution in [2.24, 2.45) is 0 Å². The summed E-state index contributed by atoms with van der Waals surface area (Å²) < 4.78 is 26.6. The van der Waals surface area contributed by atoms with E-state index in [2.05, 4.69) is 10.6 Å². The van der Waals surface area contributed by atoms with Crippen LogP contribution in [0, 0.1) is 11.6 Å². The molecule has 8 heteroatoms. The minimum Gasteiger partial charge on any atom is -0.323 e. The number of nitrogens with zero attached hydrogens (tertiary/aromatic N) is 1. The van der Waals surface area contributed by atoms with Gasteiger partial charge in [0.15, 0.2) is 0 Å². The van der Waals surface area contributed by atoms with Gasteiger partial charge in [0.1, 0.15) is 17.2 Å². The fourth-order valence-electron chi connectivity index (χ4n) is 3.22. The normalized spacial score (nSPS) is 19.0. The van der Waals surface area contributed by atoms with Gasteiger partial charge in [-0.1, -0.05) is 12.8 Å². The predicted octanol–water partition coefficient (Wildman–Crippen LogP) is 2.16. The number of urea groups is 1. The Morgan fingerprint density at radius 3 is 2.67 bits per heavy atom. The highest BCUT2D eigenvalue weighted by atomic mass is 19.1. The van der Waals surface area contributed by atoms with E-state index in [0.717, 1.165) is 35.9 Å². The molecule has 0 atom stereocenters. The molecule has 3 rings (SSSR count). The zero-order valence-corrected chi connectivity index (χ0v) is 12.9. The number of carbonyl (C=O) groups is 3. The van der Waals surface area contributed by atoms with Crippen LogP contribution in [0.2, 0.25) is 0 Å². The summed E-state index contributed by atoms with van der Waals surface area (Å²) in [6.45, 7) is -0.102. The minimum absolute atomic E-state index is 0.102. The number of halogens is 2. The molecule has 0 bridgehead atoms. The largest absolute Gasteiger partial charge is 0.325 e. The first-order valence-electron chi connectivity index (χ1n) is 7.80. The third kappa shape index (κ3) is 2.95. The van der Waals surface area contributed by atoms with Crippen molar-refractivity contribution >= 4 is 23.5 Å². The Morgan fingerprint density at radius 1 is 1.25 bits per heavy atom. The molecule has 0 unspecified atom stereocenters. The Balaban J connectivity index is 1.59. The highest BCUT2D eigenvalue weighted by Gasteiger charge is 2.52. The standard InChI is InChI=1S/C16H17F2N3O3/c17-10-3-4-11(18)12(9-10)19-13(22)5-8-21-14(23)16(20-15(21)24)6-1-2-7-16/h3-4,9H,1-2,5-8H2,(H,19,22)(H,20,24). The Kier molecular flexibility index (Phi) is 4.21. The lowest BCUT2D eigenvalue weighted by Crippen LogP contribution is -2.44. The molecule has 6 nitrogen and oxygen atoms in total. The summed E-state index contributed by atoms with van der Waals surface area (Å²) in [5.41, 5.74) is -1.09. The molecule has 128 valence electrons. The average Bonchev–Trinajstić information content (AvgIpc) is 3.08. The zero-order valence-electron chi connectivity index (χ0n) is 12.9. The summed E-state index contributed by atoms with van der Waals surface area (Å²) in [5, 5.41) is 4.96. The van der Waals surface area contributed by atoms with E-state index >= 15 is 0 Å². The predicted molar refractivity (Wildman–Crippen MR) is 81.0 cm³/mol. The van der Waals surface area contributed by atoms with Crippen molar-refractivity contribution in [1.29, 1.82) is 0 Å². The molecular formula is C16H17F2N3O3. The smallest absolute Gasteiger partial charge is 0.323 e. The molecule has 1 aliphatic heterocycles. The zero-order chi connectivity index (χ0) is 17.3. The van der Waals surface area contributed by atoms with E-state index in [1.165, 1.54) is 0 Å². The third-order valence-corrected chi connectivity index (χ3v) is 4.47. The fourth-order valence-corrected chi connectivity index (χ4v) is 3.22. The van der Waals surface area contributed by atoms with Crippen molar-refractivity contribution in [1.82, 2.24) is 10.2 Å². The molecule has 1 aliphatic carbocycles. The van der Waals surface area contributed by atoms with Gasteiger partial charge in [0.2, 0.25) is 5.91 Å². The maximum Gasteiger partial charge on any atom is 0.325 e. The quantitative estimate of drug-likeness (QED) is 0.827. The van der Waals surface area contributed by atoms with Crippen LogP contribution in [0.4, 0.5) is 19.3 Å². The van der Waals surface area contributed by atoms with Gasteiger partial charge < -0.3 is 10.6 Å². The summed E-state index contributed by atoms with van der Waals surface area (Å²) in [6.07, 6.45) is 2.77. The number of hydrogen-bond acceptors (Lipinski definition) is 3. The number of anilines is 1. The highest BCUT2D eigenvalue weighted by Crippen LogP contribution is 2.35. The van der Waals surface area contributed by atoms with E-state index in [4.69, 9.17) is 0 Å². The number of imide groups is 1. The molecule has 2 N–H and O–H groups in total. The van der Waals surface area contributed by atoms with Gasteiger partial charge in [0.25, 0.3) is 5.91 Å². The van der Waals surface area contributed by atoms with Gasteiger partial charge in [-0.05, 0) is 25.0 Å². The summed E-state index contributed by atoms with van der Waals surface area (Å²) in [6, 6.07) is 2.21. The highest BCUT2D eigenvalue weighted by molar-refractivity contribution is 6.07. The molecule has 0 radical (unpaired) electrons. The van der Waals surface area contributed by atoms with Crippen LogP contribution in [0.25, 0.3) is 0 Å². The lowest BCUT2D eigenvalue weighted by atomic mass is 9.98. The minimum atomic E-state index is -0.817. The molecule has 1 aromatic rings. The summed E-state index contributed by atoms with van der Waals surface area (Å²) in [4.78, 5) is 37.3. The first-order valence-corrected chi connectivity index (χ1v) is 7.80. The molecule has 1 saturated carbocycles. The summed E-state index contributed by atoms with van der Waals surface area (Å²) >= 11 is 0. The van der Waals surface area contributed by atoms with Gasteiger partial charge in [-0.2, -0.15) is 0 Å². The Morgan fingerprint density at radius 2 is 1.96 bits per heavy atom. The second kappa shape index (κ2) is 6.18. The van der Waals surface area contributed by atoms with Crippen LogP contribution in [-0.2, 0) is 9.59 Å².